The van der Waals surface area contributed by atoms with Gasteiger partial charge in [0, 0.05) is 36.1 Å². The molecule has 1 saturated heterocycles. The summed E-state index contributed by atoms with van der Waals surface area (Å²) in [6.07, 6.45) is 1.59. The van der Waals surface area contributed by atoms with Crippen LogP contribution in [0.5, 0.6) is 0 Å². The van der Waals surface area contributed by atoms with Crippen LogP contribution in [-0.4, -0.2) is 36.2 Å². The second kappa shape index (κ2) is 6.73. The first-order chi connectivity index (χ1) is 11.9. The minimum absolute atomic E-state index is 0.00140. The number of ether oxygens (including phenoxy) is 1. The molecule has 1 aromatic rings. The number of ketones is 2. The van der Waals surface area contributed by atoms with Gasteiger partial charge in [-0.25, -0.2) is 0 Å². The Balaban J connectivity index is 2.20. The van der Waals surface area contributed by atoms with E-state index in [1.165, 1.54) is 0 Å². The summed E-state index contributed by atoms with van der Waals surface area (Å²) in [6.45, 7) is 2.42. The number of benzene rings is 1. The lowest BCUT2D eigenvalue weighted by Gasteiger charge is -2.41. The average molecular weight is 363 g/mol. The Bertz CT molecular complexity index is 774. The number of fused-ring (bicyclic) bond motifs is 2. The highest BCUT2D eigenvalue weighted by molar-refractivity contribution is 6.33. The Labute approximate surface area is 150 Å². The third kappa shape index (κ3) is 2.81. The molecule has 1 aliphatic carbocycles. The molecule has 5 nitrogen and oxygen atoms in total. The number of hydrogen-bond donors (Lipinski definition) is 1. The van der Waals surface area contributed by atoms with Crippen molar-refractivity contribution in [3.05, 3.63) is 45.7 Å². The molecule has 1 N–H and O–H groups in total. The largest absolute Gasteiger partial charge is 0.510 e. The van der Waals surface area contributed by atoms with E-state index in [4.69, 9.17) is 16.3 Å². The number of carbonyl (C=O) groups excluding carboxylic acids is 3. The normalized spacial score (nSPS) is 20.3. The highest BCUT2D eigenvalue weighted by Gasteiger charge is 2.48. The van der Waals surface area contributed by atoms with E-state index in [0.717, 1.165) is 0 Å². The van der Waals surface area contributed by atoms with Gasteiger partial charge in [0.1, 0.15) is 17.6 Å². The van der Waals surface area contributed by atoms with E-state index >= 15 is 0 Å². The molecule has 0 amide bonds. The van der Waals surface area contributed by atoms with Gasteiger partial charge in [-0.2, -0.15) is 0 Å². The molecule has 1 fully saturated rings. The van der Waals surface area contributed by atoms with Gasteiger partial charge in [0.15, 0.2) is 11.6 Å². The van der Waals surface area contributed by atoms with E-state index in [-0.39, 0.29) is 17.8 Å². The number of hydrogen-bond acceptors (Lipinski definition) is 5. The van der Waals surface area contributed by atoms with Crippen LogP contribution in [0.25, 0.3) is 0 Å². The highest BCUT2D eigenvalue weighted by Crippen LogP contribution is 2.47. The highest BCUT2D eigenvalue weighted by atomic mass is 35.5. The number of rotatable bonds is 4. The van der Waals surface area contributed by atoms with Crippen molar-refractivity contribution >= 4 is 29.5 Å². The molecule has 1 atom stereocenters. The Morgan fingerprint density at radius 2 is 2.08 bits per heavy atom. The van der Waals surface area contributed by atoms with Crippen LogP contribution in [0, 0.1) is 5.92 Å². The second-order valence-corrected chi connectivity index (χ2v) is 7.04. The van der Waals surface area contributed by atoms with Crippen molar-refractivity contribution in [2.24, 2.45) is 5.92 Å². The molecule has 6 heteroatoms. The number of Topliss-reactive ketones (excluding diaryl/α,β-unsaturated/α-hetero) is 2. The van der Waals surface area contributed by atoms with Gasteiger partial charge in [0.2, 0.25) is 0 Å². The zero-order valence-corrected chi connectivity index (χ0v) is 14.6. The van der Waals surface area contributed by atoms with Crippen molar-refractivity contribution in [3.8, 4) is 0 Å². The molecule has 3 rings (SSSR count). The molecule has 1 aromatic carbocycles. The van der Waals surface area contributed by atoms with Crippen LogP contribution in [0.2, 0.25) is 5.02 Å². The zero-order chi connectivity index (χ0) is 18.2. The topological polar surface area (TPSA) is 80.7 Å². The summed E-state index contributed by atoms with van der Waals surface area (Å²) in [6, 6.07) is 4.97. The molecule has 2 aliphatic rings. The number of allylic oxidation sites excluding steroid dienone is 2. The maximum absolute atomic E-state index is 12.9. The molecule has 0 saturated carbocycles. The summed E-state index contributed by atoms with van der Waals surface area (Å²) in [4.78, 5) is 36.5. The molecule has 1 aliphatic heterocycles. The first-order valence-electron chi connectivity index (χ1n) is 8.26. The summed E-state index contributed by atoms with van der Waals surface area (Å²) < 4.78 is 5.42. The van der Waals surface area contributed by atoms with Crippen molar-refractivity contribution in [2.45, 2.75) is 31.6 Å². The van der Waals surface area contributed by atoms with E-state index in [1.807, 2.05) is 0 Å². The molecule has 0 radical (unpaired) electrons. The maximum Gasteiger partial charge on any atom is 0.200 e. The van der Waals surface area contributed by atoms with Crippen molar-refractivity contribution < 1.29 is 24.2 Å². The van der Waals surface area contributed by atoms with Crippen LogP contribution in [0.15, 0.2) is 29.5 Å². The maximum atomic E-state index is 12.9. The van der Waals surface area contributed by atoms with Crippen molar-refractivity contribution in [3.63, 3.8) is 0 Å². The molecule has 0 bridgehead atoms. The van der Waals surface area contributed by atoms with Crippen molar-refractivity contribution in [1.29, 1.82) is 0 Å². The molecular weight excluding hydrogens is 344 g/mol. The monoisotopic (exact) mass is 362 g/mol. The van der Waals surface area contributed by atoms with Gasteiger partial charge < -0.3 is 14.6 Å². The van der Waals surface area contributed by atoms with Crippen LogP contribution in [-0.2, 0) is 19.7 Å². The minimum Gasteiger partial charge on any atom is -0.510 e. The molecule has 1 heterocycles. The van der Waals surface area contributed by atoms with Crippen LogP contribution >= 0.6 is 11.6 Å². The third-order valence-electron chi connectivity index (χ3n) is 5.15. The lowest BCUT2D eigenvalue weighted by molar-refractivity contribution is -0.121. The molecule has 1 spiro atoms. The Morgan fingerprint density at radius 1 is 1.40 bits per heavy atom. The zero-order valence-electron chi connectivity index (χ0n) is 13.9. The van der Waals surface area contributed by atoms with Crippen LogP contribution < -0.4 is 0 Å². The quantitative estimate of drug-likeness (QED) is 0.657. The van der Waals surface area contributed by atoms with Gasteiger partial charge >= 0.3 is 0 Å². The van der Waals surface area contributed by atoms with Crippen molar-refractivity contribution in [1.82, 2.24) is 0 Å². The SMILES string of the molecule is CC(CC=O)C(=O)C1=C(O)C2(CCOCC2)c2ccc(Cl)cc2C1=O. The number of aliphatic hydroxyl groups excluding tert-OH is 1. The fourth-order valence-electron chi connectivity index (χ4n) is 3.68. The molecule has 132 valence electrons. The second-order valence-electron chi connectivity index (χ2n) is 6.60. The standard InChI is InChI=1S/C19H19ClO5/c1-11(4-7-21)16(22)15-17(23)13-10-12(20)2-3-14(13)19(18(15)24)5-8-25-9-6-19/h2-3,7,10-11,24H,4-6,8-9H2,1H3. The predicted molar refractivity (Wildman–Crippen MR) is 92.0 cm³/mol. The number of aliphatic hydroxyl groups is 1. The average Bonchev–Trinajstić information content (AvgIpc) is 2.61. The summed E-state index contributed by atoms with van der Waals surface area (Å²) in [7, 11) is 0. The fraction of sp³-hybridized carbons (Fsp3) is 0.421. The van der Waals surface area contributed by atoms with Gasteiger partial charge in [-0.1, -0.05) is 24.6 Å². The summed E-state index contributed by atoms with van der Waals surface area (Å²) in [5.74, 6) is -1.91. The Kier molecular flexibility index (Phi) is 4.80. The number of aldehydes is 1. The summed E-state index contributed by atoms with van der Waals surface area (Å²) >= 11 is 6.06. The molecule has 0 aromatic heterocycles. The first kappa shape index (κ1) is 17.8. The smallest absolute Gasteiger partial charge is 0.200 e. The molecular formula is C19H19ClO5. The lowest BCUT2D eigenvalue weighted by atomic mass is 9.64. The Hall–Kier alpha value is -1.98. The third-order valence-corrected chi connectivity index (χ3v) is 5.38. The van der Waals surface area contributed by atoms with Gasteiger partial charge in [-0.3, -0.25) is 9.59 Å². The van der Waals surface area contributed by atoms with Crippen LogP contribution in [0.1, 0.15) is 42.1 Å². The number of halogens is 1. The van der Waals surface area contributed by atoms with Crippen LogP contribution in [0.3, 0.4) is 0 Å². The van der Waals surface area contributed by atoms with E-state index in [1.54, 1.807) is 25.1 Å². The summed E-state index contributed by atoms with van der Waals surface area (Å²) in [5.41, 5.74) is -0.0139. The number of carbonyl (C=O) groups is 3. The van der Waals surface area contributed by atoms with Gasteiger partial charge in [0.25, 0.3) is 0 Å². The predicted octanol–water partition coefficient (Wildman–Crippen LogP) is 3.19. The molecule has 25 heavy (non-hydrogen) atoms. The van der Waals surface area contributed by atoms with Gasteiger partial charge in [-0.15, -0.1) is 0 Å². The van der Waals surface area contributed by atoms with E-state index in [9.17, 15) is 19.5 Å². The Morgan fingerprint density at radius 3 is 2.72 bits per heavy atom. The van der Waals surface area contributed by atoms with Crippen molar-refractivity contribution in [2.75, 3.05) is 13.2 Å². The fourth-order valence-corrected chi connectivity index (χ4v) is 3.86. The van der Waals surface area contributed by atoms with Gasteiger partial charge in [0.05, 0.1) is 5.41 Å². The van der Waals surface area contributed by atoms with Crippen LogP contribution in [0.4, 0.5) is 0 Å². The molecule has 1 unspecified atom stereocenters. The summed E-state index contributed by atoms with van der Waals surface area (Å²) in [5, 5.41) is 11.4. The minimum atomic E-state index is -0.821. The first-order valence-corrected chi connectivity index (χ1v) is 8.64. The lowest BCUT2D eigenvalue weighted by Crippen LogP contribution is -2.43. The van der Waals surface area contributed by atoms with E-state index in [0.29, 0.717) is 48.5 Å². The van der Waals surface area contributed by atoms with Gasteiger partial charge in [-0.05, 0) is 30.5 Å². The van der Waals surface area contributed by atoms with E-state index in [2.05, 4.69) is 0 Å². The van der Waals surface area contributed by atoms with E-state index < -0.39 is 22.9 Å².